The highest BCUT2D eigenvalue weighted by Crippen LogP contribution is 2.16. The van der Waals surface area contributed by atoms with Crippen molar-refractivity contribution in [2.24, 2.45) is 5.10 Å². The van der Waals surface area contributed by atoms with Gasteiger partial charge in [0.25, 0.3) is 5.95 Å². The molecule has 1 amide bonds. The second-order valence-electron chi connectivity index (χ2n) is 5.69. The predicted octanol–water partition coefficient (Wildman–Crippen LogP) is 1.84. The van der Waals surface area contributed by atoms with Crippen molar-refractivity contribution in [1.82, 2.24) is 20.2 Å². The van der Waals surface area contributed by atoms with Gasteiger partial charge in [-0.1, -0.05) is 11.8 Å². The van der Waals surface area contributed by atoms with Crippen molar-refractivity contribution >= 4 is 29.8 Å². The Morgan fingerprint density at radius 1 is 1.34 bits per heavy atom. The van der Waals surface area contributed by atoms with E-state index in [1.54, 1.807) is 24.6 Å². The summed E-state index contributed by atoms with van der Waals surface area (Å²) in [6.07, 6.45) is 3.18. The van der Waals surface area contributed by atoms with Crippen LogP contribution in [0.25, 0.3) is 0 Å². The molecule has 0 spiro atoms. The summed E-state index contributed by atoms with van der Waals surface area (Å²) in [4.78, 5) is 11.9. The number of carbonyl (C=O) groups excluding carboxylic acids is 1. The van der Waals surface area contributed by atoms with E-state index in [-0.39, 0.29) is 17.6 Å². The van der Waals surface area contributed by atoms with Crippen LogP contribution in [-0.4, -0.2) is 39.4 Å². The van der Waals surface area contributed by atoms with E-state index >= 15 is 0 Å². The number of thioether (sulfide) groups is 1. The molecule has 4 N–H and O–H groups in total. The number of hydrazone groups is 1. The summed E-state index contributed by atoms with van der Waals surface area (Å²) in [6.45, 7) is 2.88. The zero-order chi connectivity index (χ0) is 20.5. The zero-order valence-corrected chi connectivity index (χ0v) is 16.6. The fraction of sp³-hybridized carbons (Fsp3) is 0.222. The number of nitrogens with zero attached hydrogens (tertiary/aromatic N) is 4. The maximum Gasteiger partial charge on any atom is 0.264 e. The number of carbonyl (C=O) groups is 1. The molecule has 10 nitrogen and oxygen atoms in total. The third kappa shape index (κ3) is 6.01. The summed E-state index contributed by atoms with van der Waals surface area (Å²) in [5, 5.41) is 15.1. The van der Waals surface area contributed by atoms with E-state index < -0.39 is 0 Å². The highest BCUT2D eigenvalue weighted by atomic mass is 32.2. The van der Waals surface area contributed by atoms with Gasteiger partial charge in [0.1, 0.15) is 11.5 Å². The molecule has 0 atom stereocenters. The topological polar surface area (TPSA) is 133 Å². The van der Waals surface area contributed by atoms with Crippen LogP contribution >= 0.6 is 11.8 Å². The van der Waals surface area contributed by atoms with Gasteiger partial charge in [-0.2, -0.15) is 5.10 Å². The Morgan fingerprint density at radius 2 is 2.17 bits per heavy atom. The monoisotopic (exact) mass is 415 g/mol. The lowest BCUT2D eigenvalue weighted by Gasteiger charge is -2.04. The molecule has 152 valence electrons. The first-order valence-electron chi connectivity index (χ1n) is 8.80. The molecule has 3 aromatic rings. The summed E-state index contributed by atoms with van der Waals surface area (Å²) in [7, 11) is 0. The normalized spacial score (nSPS) is 10.9. The summed E-state index contributed by atoms with van der Waals surface area (Å²) in [5.74, 6) is 7.66. The lowest BCUT2D eigenvalue weighted by molar-refractivity contribution is -0.118. The van der Waals surface area contributed by atoms with Crippen LogP contribution in [0.4, 0.5) is 5.95 Å². The van der Waals surface area contributed by atoms with Crippen LogP contribution in [0.2, 0.25) is 0 Å². The van der Waals surface area contributed by atoms with Crippen molar-refractivity contribution in [3.63, 3.8) is 0 Å². The minimum atomic E-state index is -0.169. The molecule has 11 heteroatoms. The lowest BCUT2D eigenvalue weighted by atomic mass is 10.2. The largest absolute Gasteiger partial charge is 0.494 e. The standard InChI is InChI=1S/C18H21N7O3S/c1-2-27-14-7-5-13(6-8-14)10-21-22-17-23-24-18(25(17)19)29-12-16(26)20-11-15-4-3-9-28-15/h3-10H,2,11-12,19H2,1H3,(H,20,26)(H,22,23)/b21-10+. The molecular formula is C18H21N7O3S. The Hall–Kier alpha value is -3.47. The molecule has 2 aromatic heterocycles. The van der Waals surface area contributed by atoms with Crippen molar-refractivity contribution in [3.8, 4) is 5.75 Å². The van der Waals surface area contributed by atoms with Crippen molar-refractivity contribution < 1.29 is 13.9 Å². The van der Waals surface area contributed by atoms with Gasteiger partial charge in [-0.25, -0.2) is 10.1 Å². The number of nitrogens with one attached hydrogen (secondary N) is 2. The van der Waals surface area contributed by atoms with E-state index in [2.05, 4.69) is 26.0 Å². The first-order chi connectivity index (χ1) is 14.2. The highest BCUT2D eigenvalue weighted by molar-refractivity contribution is 7.99. The number of aromatic nitrogens is 3. The number of nitrogen functional groups attached to an aromatic ring is 1. The summed E-state index contributed by atoms with van der Waals surface area (Å²) < 4.78 is 11.8. The first-order valence-corrected chi connectivity index (χ1v) is 9.78. The van der Waals surface area contributed by atoms with Crippen LogP contribution in [0.1, 0.15) is 18.2 Å². The van der Waals surface area contributed by atoms with Gasteiger partial charge in [0.15, 0.2) is 0 Å². The minimum Gasteiger partial charge on any atom is -0.494 e. The number of hydrogen-bond acceptors (Lipinski definition) is 9. The van der Waals surface area contributed by atoms with E-state index in [4.69, 9.17) is 15.0 Å². The fourth-order valence-corrected chi connectivity index (χ4v) is 2.90. The van der Waals surface area contributed by atoms with Crippen LogP contribution in [0.3, 0.4) is 0 Å². The molecule has 3 rings (SSSR count). The molecule has 0 aliphatic heterocycles. The number of ether oxygens (including phenoxy) is 1. The quantitative estimate of drug-likeness (QED) is 0.198. The van der Waals surface area contributed by atoms with Crippen molar-refractivity contribution in [2.75, 3.05) is 23.6 Å². The van der Waals surface area contributed by atoms with Gasteiger partial charge in [0.05, 0.1) is 31.4 Å². The average Bonchev–Trinajstić information content (AvgIpc) is 3.37. The smallest absolute Gasteiger partial charge is 0.264 e. The number of rotatable bonds is 10. The van der Waals surface area contributed by atoms with Crippen LogP contribution in [0.5, 0.6) is 5.75 Å². The van der Waals surface area contributed by atoms with Crippen LogP contribution < -0.4 is 21.3 Å². The highest BCUT2D eigenvalue weighted by Gasteiger charge is 2.12. The van der Waals surface area contributed by atoms with E-state index in [0.717, 1.165) is 11.3 Å². The molecule has 29 heavy (non-hydrogen) atoms. The Balaban J connectivity index is 1.46. The second-order valence-corrected chi connectivity index (χ2v) is 6.64. The van der Waals surface area contributed by atoms with Gasteiger partial charge in [-0.3, -0.25) is 4.79 Å². The maximum atomic E-state index is 11.9. The predicted molar refractivity (Wildman–Crippen MR) is 110 cm³/mol. The molecule has 2 heterocycles. The van der Waals surface area contributed by atoms with Crippen molar-refractivity contribution in [3.05, 3.63) is 54.0 Å². The number of nitrogens with two attached hydrogens (primary N) is 1. The number of hydrogen-bond donors (Lipinski definition) is 3. The summed E-state index contributed by atoms with van der Waals surface area (Å²) in [5.41, 5.74) is 3.61. The van der Waals surface area contributed by atoms with E-state index in [9.17, 15) is 4.79 Å². The van der Waals surface area contributed by atoms with Gasteiger partial charge in [-0.15, -0.1) is 10.2 Å². The van der Waals surface area contributed by atoms with Crippen molar-refractivity contribution in [2.45, 2.75) is 18.6 Å². The number of furan rings is 1. The molecule has 0 aliphatic carbocycles. The summed E-state index contributed by atoms with van der Waals surface area (Å²) >= 11 is 1.17. The fourth-order valence-electron chi connectivity index (χ4n) is 2.21. The SMILES string of the molecule is CCOc1ccc(/C=N/Nc2nnc(SCC(=O)NCc3ccco3)n2N)cc1. The third-order valence-electron chi connectivity index (χ3n) is 3.61. The Labute approximate surface area is 171 Å². The molecule has 0 unspecified atom stereocenters. The molecular weight excluding hydrogens is 394 g/mol. The number of amides is 1. The van der Waals surface area contributed by atoms with E-state index in [1.807, 2.05) is 31.2 Å². The summed E-state index contributed by atoms with van der Waals surface area (Å²) in [6, 6.07) is 11.0. The maximum absolute atomic E-state index is 11.9. The minimum absolute atomic E-state index is 0.144. The Morgan fingerprint density at radius 3 is 2.90 bits per heavy atom. The third-order valence-corrected chi connectivity index (χ3v) is 4.55. The molecule has 0 saturated carbocycles. The van der Waals surface area contributed by atoms with Gasteiger partial charge in [-0.05, 0) is 48.9 Å². The number of anilines is 1. The second kappa shape index (κ2) is 10.2. The average molecular weight is 415 g/mol. The first kappa shape index (κ1) is 20.3. The molecule has 1 aromatic carbocycles. The van der Waals surface area contributed by atoms with E-state index in [0.29, 0.717) is 24.1 Å². The molecule has 0 radical (unpaired) electrons. The van der Waals surface area contributed by atoms with Gasteiger partial charge >= 0.3 is 0 Å². The Kier molecular flexibility index (Phi) is 7.11. The van der Waals surface area contributed by atoms with Crippen molar-refractivity contribution in [1.29, 1.82) is 0 Å². The van der Waals surface area contributed by atoms with Gasteiger partial charge in [0.2, 0.25) is 11.1 Å². The van der Waals surface area contributed by atoms with Gasteiger partial charge < -0.3 is 20.3 Å². The van der Waals surface area contributed by atoms with Gasteiger partial charge in [0, 0.05) is 0 Å². The molecule has 0 bridgehead atoms. The number of benzene rings is 1. The van der Waals surface area contributed by atoms with E-state index in [1.165, 1.54) is 16.4 Å². The zero-order valence-electron chi connectivity index (χ0n) is 15.7. The van der Waals surface area contributed by atoms with Crippen LogP contribution in [-0.2, 0) is 11.3 Å². The lowest BCUT2D eigenvalue weighted by Crippen LogP contribution is -2.24. The van der Waals surface area contributed by atoms with Crippen LogP contribution in [0.15, 0.2) is 57.3 Å². The Bertz CT molecular complexity index is 939. The molecule has 0 fully saturated rings. The molecule has 0 saturated heterocycles. The molecule has 0 aliphatic rings. The van der Waals surface area contributed by atoms with Crippen LogP contribution in [0, 0.1) is 0 Å².